The minimum absolute atomic E-state index is 0.0941. The van der Waals surface area contributed by atoms with Gasteiger partial charge < -0.3 is 9.84 Å². The molecule has 0 saturated heterocycles. The largest absolute Gasteiger partial charge is 0.468 e. The Morgan fingerprint density at radius 2 is 2.00 bits per heavy atom. The van der Waals surface area contributed by atoms with Crippen molar-refractivity contribution in [1.82, 2.24) is 4.90 Å². The number of ether oxygens (including phenoxy) is 1. The van der Waals surface area contributed by atoms with Crippen LogP contribution in [-0.4, -0.2) is 47.8 Å². The van der Waals surface area contributed by atoms with Crippen molar-refractivity contribution in [3.63, 3.8) is 0 Å². The number of methoxy groups -OCH3 is 1. The molecule has 1 rings (SSSR count). The lowest BCUT2D eigenvalue weighted by Crippen LogP contribution is -2.49. The van der Waals surface area contributed by atoms with Gasteiger partial charge in [-0.15, -0.1) is 0 Å². The first-order valence-corrected chi connectivity index (χ1v) is 6.57. The van der Waals surface area contributed by atoms with Crippen LogP contribution in [0.4, 0.5) is 0 Å². The van der Waals surface area contributed by atoms with Crippen molar-refractivity contribution in [3.8, 4) is 0 Å². The summed E-state index contributed by atoms with van der Waals surface area (Å²) in [5, 5.41) is 10.2. The third kappa shape index (κ3) is 4.28. The van der Waals surface area contributed by atoms with E-state index in [1.54, 1.807) is 0 Å². The molecule has 17 heavy (non-hydrogen) atoms. The summed E-state index contributed by atoms with van der Waals surface area (Å²) in [7, 11) is 1.41. The first-order valence-electron chi connectivity index (χ1n) is 6.57. The van der Waals surface area contributed by atoms with Crippen LogP contribution in [-0.2, 0) is 9.53 Å². The molecule has 2 atom stereocenters. The van der Waals surface area contributed by atoms with Gasteiger partial charge in [-0.25, -0.2) is 0 Å². The fraction of sp³-hybridized carbons (Fsp3) is 0.923. The molecule has 1 saturated carbocycles. The number of esters is 1. The summed E-state index contributed by atoms with van der Waals surface area (Å²) in [6.07, 6.45) is 4.89. The Balaban J connectivity index is 2.69. The Morgan fingerprint density at radius 1 is 1.35 bits per heavy atom. The van der Waals surface area contributed by atoms with E-state index in [0.29, 0.717) is 0 Å². The second-order valence-corrected chi connectivity index (χ2v) is 5.11. The molecule has 0 radical (unpaired) electrons. The molecule has 4 heteroatoms. The van der Waals surface area contributed by atoms with Gasteiger partial charge in [0.1, 0.15) is 0 Å². The molecule has 1 aliphatic carbocycles. The number of hydrogen-bond acceptors (Lipinski definition) is 4. The van der Waals surface area contributed by atoms with Gasteiger partial charge in [0.15, 0.2) is 0 Å². The first kappa shape index (κ1) is 14.5. The number of carbonyl (C=O) groups is 1. The van der Waals surface area contributed by atoms with Gasteiger partial charge in [-0.05, 0) is 26.7 Å². The summed E-state index contributed by atoms with van der Waals surface area (Å²) in [5.41, 5.74) is 0. The van der Waals surface area contributed by atoms with Crippen LogP contribution in [0.3, 0.4) is 0 Å². The van der Waals surface area contributed by atoms with Crippen LogP contribution in [0.2, 0.25) is 0 Å². The van der Waals surface area contributed by atoms with Gasteiger partial charge in [-0.2, -0.15) is 0 Å². The minimum Gasteiger partial charge on any atom is -0.468 e. The monoisotopic (exact) mass is 243 g/mol. The fourth-order valence-corrected chi connectivity index (χ4v) is 2.55. The Labute approximate surface area is 104 Å². The molecular formula is C13H25NO3. The number of hydrogen-bond donors (Lipinski definition) is 1. The molecule has 0 aliphatic heterocycles. The minimum atomic E-state index is -0.315. The molecule has 0 spiro atoms. The predicted octanol–water partition coefficient (Wildman–Crippen LogP) is 1.56. The maximum Gasteiger partial charge on any atom is 0.319 e. The Kier molecular flexibility index (Phi) is 5.92. The van der Waals surface area contributed by atoms with Gasteiger partial charge in [0.25, 0.3) is 0 Å². The first-order chi connectivity index (χ1) is 8.06. The van der Waals surface area contributed by atoms with Crippen LogP contribution in [0.15, 0.2) is 0 Å². The van der Waals surface area contributed by atoms with Crippen LogP contribution < -0.4 is 0 Å². The zero-order valence-corrected chi connectivity index (χ0v) is 11.2. The lowest BCUT2D eigenvalue weighted by Gasteiger charge is -2.36. The lowest BCUT2D eigenvalue weighted by atomic mass is 10.0. The molecule has 0 amide bonds. The second-order valence-electron chi connectivity index (χ2n) is 5.11. The van der Waals surface area contributed by atoms with Crippen molar-refractivity contribution in [2.45, 2.75) is 64.1 Å². The maximum atomic E-state index is 11.4. The molecule has 0 aromatic heterocycles. The zero-order chi connectivity index (χ0) is 12.8. The number of nitrogens with zero attached hydrogens (tertiary/aromatic N) is 1. The molecule has 0 bridgehead atoms. The summed E-state index contributed by atoms with van der Waals surface area (Å²) in [4.78, 5) is 13.5. The SMILES string of the molecule is COC(=O)CN(C(C)C)C1CCCCCC1O. The topological polar surface area (TPSA) is 49.8 Å². The quantitative estimate of drug-likeness (QED) is 0.601. The molecule has 1 N–H and O–H groups in total. The maximum absolute atomic E-state index is 11.4. The summed E-state index contributed by atoms with van der Waals surface area (Å²) < 4.78 is 4.73. The van der Waals surface area contributed by atoms with E-state index in [4.69, 9.17) is 4.74 Å². The van der Waals surface area contributed by atoms with E-state index in [-0.39, 0.29) is 30.7 Å². The van der Waals surface area contributed by atoms with E-state index in [2.05, 4.69) is 18.7 Å². The molecule has 0 aromatic rings. The van der Waals surface area contributed by atoms with E-state index in [9.17, 15) is 9.90 Å². The van der Waals surface area contributed by atoms with Gasteiger partial charge in [-0.3, -0.25) is 9.69 Å². The van der Waals surface area contributed by atoms with Crippen molar-refractivity contribution in [2.24, 2.45) is 0 Å². The Bertz CT molecular complexity index is 243. The van der Waals surface area contributed by atoms with E-state index in [1.807, 2.05) is 0 Å². The van der Waals surface area contributed by atoms with Crippen LogP contribution >= 0.6 is 0 Å². The highest BCUT2D eigenvalue weighted by Gasteiger charge is 2.30. The third-order valence-corrected chi connectivity index (χ3v) is 3.57. The standard InChI is InChI=1S/C13H25NO3/c1-10(2)14(9-13(16)17-3)11-7-5-4-6-8-12(11)15/h10-12,15H,4-9H2,1-3H3. The summed E-state index contributed by atoms with van der Waals surface area (Å²) in [5.74, 6) is -0.227. The highest BCUT2D eigenvalue weighted by atomic mass is 16.5. The van der Waals surface area contributed by atoms with Gasteiger partial charge >= 0.3 is 5.97 Å². The average molecular weight is 243 g/mol. The molecule has 2 unspecified atom stereocenters. The van der Waals surface area contributed by atoms with Gasteiger partial charge in [0, 0.05) is 12.1 Å². The molecule has 100 valence electrons. The van der Waals surface area contributed by atoms with Crippen molar-refractivity contribution >= 4 is 5.97 Å². The number of aliphatic hydroxyl groups excluding tert-OH is 1. The average Bonchev–Trinajstić information content (AvgIpc) is 2.50. The highest BCUT2D eigenvalue weighted by molar-refractivity contribution is 5.71. The van der Waals surface area contributed by atoms with E-state index in [0.717, 1.165) is 25.7 Å². The summed E-state index contributed by atoms with van der Waals surface area (Å²) in [6.45, 7) is 4.39. The van der Waals surface area contributed by atoms with Crippen molar-refractivity contribution < 1.29 is 14.6 Å². The van der Waals surface area contributed by atoms with Crippen LogP contribution in [0.1, 0.15) is 46.0 Å². The third-order valence-electron chi connectivity index (χ3n) is 3.57. The van der Waals surface area contributed by atoms with Crippen molar-refractivity contribution in [2.75, 3.05) is 13.7 Å². The second kappa shape index (κ2) is 6.97. The Morgan fingerprint density at radius 3 is 2.59 bits per heavy atom. The summed E-state index contributed by atoms with van der Waals surface area (Å²) in [6, 6.07) is 0.337. The van der Waals surface area contributed by atoms with E-state index in [1.165, 1.54) is 13.5 Å². The molecular weight excluding hydrogens is 218 g/mol. The lowest BCUT2D eigenvalue weighted by molar-refractivity contribution is -0.144. The smallest absolute Gasteiger partial charge is 0.319 e. The number of carbonyl (C=O) groups excluding carboxylic acids is 1. The van der Waals surface area contributed by atoms with Gasteiger partial charge in [0.05, 0.1) is 19.8 Å². The van der Waals surface area contributed by atoms with Crippen molar-refractivity contribution in [3.05, 3.63) is 0 Å². The van der Waals surface area contributed by atoms with E-state index >= 15 is 0 Å². The highest BCUT2D eigenvalue weighted by Crippen LogP contribution is 2.24. The van der Waals surface area contributed by atoms with Crippen LogP contribution in [0.5, 0.6) is 0 Å². The predicted molar refractivity (Wildman–Crippen MR) is 66.7 cm³/mol. The number of aliphatic hydroxyl groups is 1. The summed E-state index contributed by atoms with van der Waals surface area (Å²) >= 11 is 0. The molecule has 0 heterocycles. The fourth-order valence-electron chi connectivity index (χ4n) is 2.55. The van der Waals surface area contributed by atoms with E-state index < -0.39 is 0 Å². The van der Waals surface area contributed by atoms with Gasteiger partial charge in [0.2, 0.25) is 0 Å². The molecule has 0 aromatic carbocycles. The molecule has 4 nitrogen and oxygen atoms in total. The van der Waals surface area contributed by atoms with Crippen LogP contribution in [0.25, 0.3) is 0 Å². The molecule has 1 aliphatic rings. The zero-order valence-electron chi connectivity index (χ0n) is 11.2. The normalized spacial score (nSPS) is 26.0. The van der Waals surface area contributed by atoms with Crippen molar-refractivity contribution in [1.29, 1.82) is 0 Å². The molecule has 1 fully saturated rings. The van der Waals surface area contributed by atoms with Crippen LogP contribution in [0, 0.1) is 0 Å². The number of rotatable bonds is 4. The van der Waals surface area contributed by atoms with Gasteiger partial charge in [-0.1, -0.05) is 19.3 Å². The Hall–Kier alpha value is -0.610.